The molecule has 0 fully saturated rings. The topological polar surface area (TPSA) is 99.8 Å². The van der Waals surface area contributed by atoms with Gasteiger partial charge in [0.2, 0.25) is 0 Å². The van der Waals surface area contributed by atoms with Crippen LogP contribution in [0.4, 0.5) is 5.69 Å². The highest BCUT2D eigenvalue weighted by Gasteiger charge is 2.12. The number of pyridine rings is 1. The minimum Gasteiger partial charge on any atom is -0.332 e. The number of carbonyl (C=O) groups is 1. The molecule has 0 aliphatic heterocycles. The summed E-state index contributed by atoms with van der Waals surface area (Å²) in [6.45, 7) is 3.89. The van der Waals surface area contributed by atoms with Crippen molar-refractivity contribution in [1.29, 1.82) is 0 Å². The smallest absolute Gasteiger partial charge is 0.271 e. The molecule has 1 amide bonds. The quantitative estimate of drug-likeness (QED) is 0.435. The van der Waals surface area contributed by atoms with Gasteiger partial charge in [-0.2, -0.15) is 0 Å². The van der Waals surface area contributed by atoms with Crippen LogP contribution in [0.2, 0.25) is 0 Å². The average molecular weight is 433 g/mol. The Morgan fingerprint density at radius 3 is 2.85 bits per heavy atom. The molecule has 0 saturated heterocycles. The second kappa shape index (κ2) is 7.22. The van der Waals surface area contributed by atoms with Crippen LogP contribution >= 0.6 is 28.1 Å². The van der Waals surface area contributed by atoms with Crippen LogP contribution in [0.5, 0.6) is 0 Å². The van der Waals surface area contributed by atoms with E-state index in [0.717, 1.165) is 0 Å². The van der Waals surface area contributed by atoms with Crippen molar-refractivity contribution >= 4 is 50.6 Å². The molecule has 2 heterocycles. The van der Waals surface area contributed by atoms with Gasteiger partial charge in [-0.1, -0.05) is 6.08 Å². The number of amides is 1. The minimum atomic E-state index is -0.481. The predicted molar refractivity (Wildman–Crippen MR) is 106 cm³/mol. The fourth-order valence-electron chi connectivity index (χ4n) is 2.44. The molecule has 7 nitrogen and oxygen atoms in total. The number of nitrogens with zero attached hydrogens (tertiary/aromatic N) is 1. The van der Waals surface area contributed by atoms with Gasteiger partial charge < -0.3 is 15.3 Å². The number of aromatic nitrogens is 3. The monoisotopic (exact) mass is 432 g/mol. The average Bonchev–Trinajstić information content (AvgIpc) is 2.61. The van der Waals surface area contributed by atoms with E-state index in [1.165, 1.54) is 29.0 Å². The first kappa shape index (κ1) is 18.0. The lowest BCUT2D eigenvalue weighted by Crippen LogP contribution is -2.22. The standard InChI is InChI=1S/C17H13BrN4O3S/c1-2-5-22-16(25)11-4-3-9(6-12(11)21-17(22)26)14(23)20-13-7-10(18)8-19-15(13)24/h2-4,6-8H,1,5H2,(H,19,24)(H,20,23)(H,21,26). The van der Waals surface area contributed by atoms with Crippen LogP contribution in [0.25, 0.3) is 10.9 Å². The molecule has 0 radical (unpaired) electrons. The second-order valence-corrected chi connectivity index (χ2v) is 6.71. The summed E-state index contributed by atoms with van der Waals surface area (Å²) in [6.07, 6.45) is 3.05. The normalized spacial score (nSPS) is 10.7. The lowest BCUT2D eigenvalue weighted by atomic mass is 10.1. The summed E-state index contributed by atoms with van der Waals surface area (Å²) >= 11 is 8.41. The zero-order valence-electron chi connectivity index (χ0n) is 13.3. The number of allylic oxidation sites excluding steroid dienone is 1. The molecule has 0 aliphatic rings. The third kappa shape index (κ3) is 3.44. The van der Waals surface area contributed by atoms with Crippen molar-refractivity contribution in [3.05, 3.63) is 78.6 Å². The first-order chi connectivity index (χ1) is 12.4. The van der Waals surface area contributed by atoms with Gasteiger partial charge in [-0.3, -0.25) is 19.0 Å². The van der Waals surface area contributed by atoms with Crippen molar-refractivity contribution in [1.82, 2.24) is 14.5 Å². The van der Waals surface area contributed by atoms with E-state index in [1.807, 2.05) is 0 Å². The predicted octanol–water partition coefficient (Wildman–Crippen LogP) is 2.95. The molecule has 132 valence electrons. The summed E-state index contributed by atoms with van der Waals surface area (Å²) in [5.41, 5.74) is 0.145. The van der Waals surface area contributed by atoms with E-state index in [-0.39, 0.29) is 28.1 Å². The Balaban J connectivity index is 2.02. The summed E-state index contributed by atoms with van der Waals surface area (Å²) in [6, 6.07) is 6.08. The number of hydrogen-bond acceptors (Lipinski definition) is 4. The molecule has 3 rings (SSSR count). The van der Waals surface area contributed by atoms with Gasteiger partial charge in [0.1, 0.15) is 5.69 Å². The van der Waals surface area contributed by atoms with Gasteiger partial charge in [-0.25, -0.2) is 0 Å². The van der Waals surface area contributed by atoms with E-state index in [1.54, 1.807) is 12.1 Å². The minimum absolute atomic E-state index is 0.110. The first-order valence-electron chi connectivity index (χ1n) is 7.48. The van der Waals surface area contributed by atoms with Gasteiger partial charge in [0.25, 0.3) is 17.0 Å². The number of aromatic amines is 2. The largest absolute Gasteiger partial charge is 0.332 e. The molecule has 0 bridgehead atoms. The van der Waals surface area contributed by atoms with E-state index in [2.05, 4.69) is 37.8 Å². The van der Waals surface area contributed by atoms with Crippen LogP contribution in [0.3, 0.4) is 0 Å². The van der Waals surface area contributed by atoms with Gasteiger partial charge in [0.15, 0.2) is 4.77 Å². The van der Waals surface area contributed by atoms with Gasteiger partial charge in [-0.15, -0.1) is 6.58 Å². The van der Waals surface area contributed by atoms with Gasteiger partial charge >= 0.3 is 0 Å². The summed E-state index contributed by atoms with van der Waals surface area (Å²) in [5.74, 6) is -0.481. The number of halogens is 1. The zero-order valence-corrected chi connectivity index (χ0v) is 15.7. The van der Waals surface area contributed by atoms with Crippen molar-refractivity contribution in [2.24, 2.45) is 0 Å². The molecule has 0 aliphatic carbocycles. The van der Waals surface area contributed by atoms with E-state index in [9.17, 15) is 14.4 Å². The third-order valence-electron chi connectivity index (χ3n) is 3.67. The Morgan fingerprint density at radius 2 is 2.12 bits per heavy atom. The SMILES string of the molecule is C=CCn1c(=S)[nH]c2cc(C(=O)Nc3cc(Br)c[nH]c3=O)ccc2c1=O. The summed E-state index contributed by atoms with van der Waals surface area (Å²) in [7, 11) is 0. The van der Waals surface area contributed by atoms with Crippen molar-refractivity contribution < 1.29 is 4.79 Å². The molecular formula is C17H13BrN4O3S. The van der Waals surface area contributed by atoms with E-state index < -0.39 is 11.5 Å². The third-order valence-corrected chi connectivity index (χ3v) is 4.45. The Hall–Kier alpha value is -2.78. The molecule has 0 spiro atoms. The number of fused-ring (bicyclic) bond motifs is 1. The van der Waals surface area contributed by atoms with Crippen molar-refractivity contribution in [3.63, 3.8) is 0 Å². The summed E-state index contributed by atoms with van der Waals surface area (Å²) < 4.78 is 2.24. The first-order valence-corrected chi connectivity index (χ1v) is 8.68. The molecule has 26 heavy (non-hydrogen) atoms. The van der Waals surface area contributed by atoms with Crippen LogP contribution in [0.1, 0.15) is 10.4 Å². The Bertz CT molecular complexity index is 1210. The molecule has 2 aromatic heterocycles. The van der Waals surface area contributed by atoms with Gasteiger partial charge in [0.05, 0.1) is 10.9 Å². The van der Waals surface area contributed by atoms with E-state index >= 15 is 0 Å². The van der Waals surface area contributed by atoms with Gasteiger partial charge in [0, 0.05) is 22.8 Å². The van der Waals surface area contributed by atoms with Crippen molar-refractivity contribution in [2.45, 2.75) is 6.54 Å². The zero-order chi connectivity index (χ0) is 18.8. The van der Waals surface area contributed by atoms with E-state index in [4.69, 9.17) is 12.2 Å². The second-order valence-electron chi connectivity index (χ2n) is 5.41. The van der Waals surface area contributed by atoms with Crippen LogP contribution < -0.4 is 16.4 Å². The Labute approximate surface area is 160 Å². The van der Waals surface area contributed by atoms with Crippen molar-refractivity contribution in [3.8, 4) is 0 Å². The highest BCUT2D eigenvalue weighted by atomic mass is 79.9. The fraction of sp³-hybridized carbons (Fsp3) is 0.0588. The molecule has 1 aromatic carbocycles. The summed E-state index contributed by atoms with van der Waals surface area (Å²) in [5, 5.41) is 2.94. The maximum atomic E-state index is 12.5. The van der Waals surface area contributed by atoms with Crippen LogP contribution in [-0.2, 0) is 6.54 Å². The number of H-pyrrole nitrogens is 2. The highest BCUT2D eigenvalue weighted by Crippen LogP contribution is 2.14. The number of benzene rings is 1. The molecule has 3 N–H and O–H groups in total. The number of nitrogens with one attached hydrogen (secondary N) is 3. The van der Waals surface area contributed by atoms with E-state index in [0.29, 0.717) is 15.4 Å². The van der Waals surface area contributed by atoms with Crippen molar-refractivity contribution in [2.75, 3.05) is 5.32 Å². The molecule has 0 unspecified atom stereocenters. The maximum Gasteiger partial charge on any atom is 0.271 e. The molecular weight excluding hydrogens is 420 g/mol. The fourth-order valence-corrected chi connectivity index (χ4v) is 3.05. The maximum absolute atomic E-state index is 12.5. The van der Waals surface area contributed by atoms with Crippen LogP contribution in [-0.4, -0.2) is 20.4 Å². The Morgan fingerprint density at radius 1 is 1.35 bits per heavy atom. The Kier molecular flexibility index (Phi) is 5.01. The summed E-state index contributed by atoms with van der Waals surface area (Å²) in [4.78, 5) is 42.1. The molecule has 0 saturated carbocycles. The highest BCUT2D eigenvalue weighted by molar-refractivity contribution is 9.10. The number of anilines is 1. The lowest BCUT2D eigenvalue weighted by Gasteiger charge is -2.08. The molecule has 0 atom stereocenters. The molecule has 9 heteroatoms. The van der Waals surface area contributed by atoms with Crippen LogP contribution in [0, 0.1) is 4.77 Å². The number of carbonyl (C=O) groups excluding carboxylic acids is 1. The molecule has 3 aromatic rings. The number of hydrogen-bond donors (Lipinski definition) is 3. The van der Waals surface area contributed by atoms with Gasteiger partial charge in [-0.05, 0) is 52.4 Å². The van der Waals surface area contributed by atoms with Crippen LogP contribution in [0.15, 0.2) is 57.2 Å². The number of rotatable bonds is 4. The lowest BCUT2D eigenvalue weighted by molar-refractivity contribution is 0.102.